The number of hydrogen-bond acceptors (Lipinski definition) is 5. The molecule has 0 radical (unpaired) electrons. The highest BCUT2D eigenvalue weighted by Gasteiger charge is 2.25. The Labute approximate surface area is 140 Å². The molecule has 0 bridgehead atoms. The largest absolute Gasteiger partial charge is 0.448 e. The number of oxazole rings is 1. The minimum Gasteiger partial charge on any atom is -0.448 e. The molecule has 0 unspecified atom stereocenters. The van der Waals surface area contributed by atoms with E-state index in [9.17, 15) is 4.79 Å². The van der Waals surface area contributed by atoms with Crippen molar-refractivity contribution in [1.82, 2.24) is 10.3 Å². The molecule has 1 amide bonds. The predicted molar refractivity (Wildman–Crippen MR) is 89.0 cm³/mol. The van der Waals surface area contributed by atoms with E-state index in [-0.39, 0.29) is 17.2 Å². The molecular weight excluding hydrogens is 312 g/mol. The van der Waals surface area contributed by atoms with Crippen molar-refractivity contribution in [1.29, 1.82) is 0 Å². The first-order valence-electron chi connectivity index (χ1n) is 7.91. The van der Waals surface area contributed by atoms with Crippen LogP contribution in [0.15, 0.2) is 28.2 Å². The third-order valence-corrected chi connectivity index (χ3v) is 5.44. The molecule has 1 saturated heterocycles. The number of ether oxygens (including phenoxy) is 1. The molecule has 1 fully saturated rings. The third-order valence-electron chi connectivity index (χ3n) is 4.20. The van der Waals surface area contributed by atoms with Gasteiger partial charge in [0.2, 0.25) is 0 Å². The van der Waals surface area contributed by atoms with E-state index in [0.717, 1.165) is 26.1 Å². The van der Waals surface area contributed by atoms with Crippen molar-refractivity contribution in [2.24, 2.45) is 0 Å². The summed E-state index contributed by atoms with van der Waals surface area (Å²) in [4.78, 5) is 17.9. The van der Waals surface area contributed by atoms with Crippen LogP contribution in [0.4, 0.5) is 0 Å². The molecule has 5 nitrogen and oxygen atoms in total. The lowest BCUT2D eigenvalue weighted by Crippen LogP contribution is -2.36. The molecule has 124 valence electrons. The number of nitrogens with one attached hydrogen (secondary N) is 1. The lowest BCUT2D eigenvalue weighted by Gasteiger charge is -2.23. The lowest BCUT2D eigenvalue weighted by atomic mass is 9.91. The maximum atomic E-state index is 12.3. The van der Waals surface area contributed by atoms with E-state index < -0.39 is 0 Å². The molecular formula is C17H22N2O3S. The van der Waals surface area contributed by atoms with Crippen LogP contribution in [0.3, 0.4) is 0 Å². The zero-order valence-corrected chi connectivity index (χ0v) is 14.3. The van der Waals surface area contributed by atoms with E-state index in [1.165, 1.54) is 11.1 Å². The van der Waals surface area contributed by atoms with E-state index in [4.69, 9.17) is 9.15 Å². The van der Waals surface area contributed by atoms with Crippen LogP contribution in [-0.4, -0.2) is 30.6 Å². The van der Waals surface area contributed by atoms with Crippen molar-refractivity contribution in [3.63, 3.8) is 0 Å². The highest BCUT2D eigenvalue weighted by molar-refractivity contribution is 7.10. The minimum atomic E-state index is -0.184. The summed E-state index contributed by atoms with van der Waals surface area (Å²) < 4.78 is 10.8. The van der Waals surface area contributed by atoms with Crippen molar-refractivity contribution in [3.8, 4) is 0 Å². The molecule has 3 heterocycles. The molecule has 0 aromatic carbocycles. The van der Waals surface area contributed by atoms with Gasteiger partial charge >= 0.3 is 0 Å². The van der Waals surface area contributed by atoms with Gasteiger partial charge in [0.05, 0.1) is 0 Å². The standard InChI is InChI=1S/C17H22N2O3S/c1-17(2,14-4-3-9-23-14)11-18-15(20)13-10-22-16(19-13)12-5-7-21-8-6-12/h3-4,9-10,12H,5-8,11H2,1-2H3,(H,18,20). The van der Waals surface area contributed by atoms with Crippen LogP contribution >= 0.6 is 11.3 Å². The number of nitrogens with zero attached hydrogens (tertiary/aromatic N) is 1. The van der Waals surface area contributed by atoms with Gasteiger partial charge in [-0.3, -0.25) is 4.79 Å². The van der Waals surface area contributed by atoms with Gasteiger partial charge in [-0.1, -0.05) is 19.9 Å². The Balaban J connectivity index is 1.59. The van der Waals surface area contributed by atoms with E-state index in [0.29, 0.717) is 18.1 Å². The normalized spacial score (nSPS) is 16.4. The number of aromatic nitrogens is 1. The Morgan fingerprint density at radius 1 is 1.43 bits per heavy atom. The average molecular weight is 334 g/mol. The molecule has 0 atom stereocenters. The SMILES string of the molecule is CC(C)(CNC(=O)c1coc(C2CCOCC2)n1)c1cccs1. The van der Waals surface area contributed by atoms with Crippen LogP contribution in [0.25, 0.3) is 0 Å². The fourth-order valence-electron chi connectivity index (χ4n) is 2.67. The monoisotopic (exact) mass is 334 g/mol. The topological polar surface area (TPSA) is 64.4 Å². The predicted octanol–water partition coefficient (Wildman–Crippen LogP) is 3.34. The number of amides is 1. The Morgan fingerprint density at radius 2 is 2.22 bits per heavy atom. The van der Waals surface area contributed by atoms with Gasteiger partial charge in [0.15, 0.2) is 11.6 Å². The maximum Gasteiger partial charge on any atom is 0.273 e. The second-order valence-electron chi connectivity index (χ2n) is 6.50. The molecule has 1 aliphatic rings. The zero-order valence-electron chi connectivity index (χ0n) is 13.5. The van der Waals surface area contributed by atoms with E-state index in [2.05, 4.69) is 35.6 Å². The van der Waals surface area contributed by atoms with Gasteiger partial charge in [-0.15, -0.1) is 11.3 Å². The first-order valence-corrected chi connectivity index (χ1v) is 8.79. The number of carbonyl (C=O) groups is 1. The highest BCUT2D eigenvalue weighted by Crippen LogP contribution is 2.27. The van der Waals surface area contributed by atoms with Gasteiger partial charge < -0.3 is 14.5 Å². The first kappa shape index (κ1) is 16.2. The van der Waals surface area contributed by atoms with Gasteiger partial charge in [-0.05, 0) is 24.3 Å². The quantitative estimate of drug-likeness (QED) is 0.911. The molecule has 0 aliphatic carbocycles. The fraction of sp³-hybridized carbons (Fsp3) is 0.529. The molecule has 2 aromatic heterocycles. The molecule has 6 heteroatoms. The van der Waals surface area contributed by atoms with Crippen molar-refractivity contribution in [2.75, 3.05) is 19.8 Å². The highest BCUT2D eigenvalue weighted by atomic mass is 32.1. The molecule has 23 heavy (non-hydrogen) atoms. The van der Waals surface area contributed by atoms with E-state index >= 15 is 0 Å². The van der Waals surface area contributed by atoms with Crippen LogP contribution in [0.2, 0.25) is 0 Å². The Kier molecular flexibility index (Phi) is 4.82. The molecule has 1 N–H and O–H groups in total. The van der Waals surface area contributed by atoms with E-state index in [1.807, 2.05) is 6.07 Å². The smallest absolute Gasteiger partial charge is 0.273 e. The van der Waals surface area contributed by atoms with Gasteiger partial charge in [-0.25, -0.2) is 4.98 Å². The van der Waals surface area contributed by atoms with Gasteiger partial charge in [0.25, 0.3) is 5.91 Å². The molecule has 1 aliphatic heterocycles. The van der Waals surface area contributed by atoms with Crippen molar-refractivity contribution in [2.45, 2.75) is 38.0 Å². The van der Waals surface area contributed by atoms with Crippen LogP contribution in [0.5, 0.6) is 0 Å². The summed E-state index contributed by atoms with van der Waals surface area (Å²) in [6.07, 6.45) is 3.25. The summed E-state index contributed by atoms with van der Waals surface area (Å²) in [6, 6.07) is 4.12. The van der Waals surface area contributed by atoms with Gasteiger partial charge in [0, 0.05) is 36.0 Å². The number of carbonyl (C=O) groups excluding carboxylic acids is 1. The molecule has 0 saturated carbocycles. The molecule has 0 spiro atoms. The number of rotatable bonds is 5. The lowest BCUT2D eigenvalue weighted by molar-refractivity contribution is 0.0794. The number of thiophene rings is 1. The third kappa shape index (κ3) is 3.82. The fourth-order valence-corrected chi connectivity index (χ4v) is 3.52. The average Bonchev–Trinajstić information content (AvgIpc) is 3.25. The Morgan fingerprint density at radius 3 is 2.91 bits per heavy atom. The Bertz CT molecular complexity index is 643. The van der Waals surface area contributed by atoms with Crippen LogP contribution in [-0.2, 0) is 10.2 Å². The second-order valence-corrected chi connectivity index (χ2v) is 7.45. The summed E-state index contributed by atoms with van der Waals surface area (Å²) in [5.74, 6) is 0.723. The molecule has 2 aromatic rings. The van der Waals surface area contributed by atoms with Gasteiger partial charge in [0.1, 0.15) is 6.26 Å². The van der Waals surface area contributed by atoms with Crippen LogP contribution in [0, 0.1) is 0 Å². The zero-order chi connectivity index (χ0) is 16.3. The van der Waals surface area contributed by atoms with Crippen LogP contribution < -0.4 is 5.32 Å². The summed E-state index contributed by atoms with van der Waals surface area (Å²) in [6.45, 7) is 6.25. The summed E-state index contributed by atoms with van der Waals surface area (Å²) >= 11 is 1.70. The van der Waals surface area contributed by atoms with Crippen LogP contribution in [0.1, 0.15) is 53.9 Å². The number of hydrogen-bond donors (Lipinski definition) is 1. The Hall–Kier alpha value is -1.66. The second kappa shape index (κ2) is 6.84. The van der Waals surface area contributed by atoms with E-state index in [1.54, 1.807) is 11.3 Å². The summed E-state index contributed by atoms with van der Waals surface area (Å²) in [5, 5.41) is 5.02. The van der Waals surface area contributed by atoms with Crippen molar-refractivity contribution >= 4 is 17.2 Å². The summed E-state index contributed by atoms with van der Waals surface area (Å²) in [5.41, 5.74) is 0.255. The first-order chi connectivity index (χ1) is 11.1. The van der Waals surface area contributed by atoms with Crippen molar-refractivity contribution < 1.29 is 13.9 Å². The maximum absolute atomic E-state index is 12.3. The summed E-state index contributed by atoms with van der Waals surface area (Å²) in [7, 11) is 0. The minimum absolute atomic E-state index is 0.100. The van der Waals surface area contributed by atoms with Gasteiger partial charge in [-0.2, -0.15) is 0 Å². The molecule has 3 rings (SSSR count). The van der Waals surface area contributed by atoms with Crippen molar-refractivity contribution in [3.05, 3.63) is 40.2 Å².